The summed E-state index contributed by atoms with van der Waals surface area (Å²) in [4.78, 5) is 8.08. The number of hydrogen-bond acceptors (Lipinski definition) is 3. The molecule has 0 saturated heterocycles. The van der Waals surface area contributed by atoms with Gasteiger partial charge in [0.1, 0.15) is 11.6 Å². The highest BCUT2D eigenvalue weighted by Crippen LogP contribution is 2.42. The number of anilines is 1. The third-order valence-electron chi connectivity index (χ3n) is 2.52. The summed E-state index contributed by atoms with van der Waals surface area (Å²) in [6.07, 6.45) is 1.63. The molecular formula is C10H13F2N3. The molecule has 1 saturated carbocycles. The molecule has 0 unspecified atom stereocenters. The number of alkyl halides is 2. The minimum Gasteiger partial charge on any atom is -0.370 e. The fourth-order valence-electron chi connectivity index (χ4n) is 1.73. The smallest absolute Gasteiger partial charge is 0.248 e. The highest BCUT2D eigenvalue weighted by atomic mass is 19.3. The van der Waals surface area contributed by atoms with Crippen LogP contribution in [0.3, 0.4) is 0 Å². The number of hydrogen-bond donors (Lipinski definition) is 1. The van der Waals surface area contributed by atoms with Gasteiger partial charge in [-0.2, -0.15) is 0 Å². The molecule has 2 rings (SSSR count). The lowest BCUT2D eigenvalue weighted by Crippen LogP contribution is -2.39. The predicted molar refractivity (Wildman–Crippen MR) is 52.9 cm³/mol. The fourth-order valence-corrected chi connectivity index (χ4v) is 1.73. The monoisotopic (exact) mass is 213 g/mol. The molecule has 1 fully saturated rings. The van der Waals surface area contributed by atoms with Crippen molar-refractivity contribution >= 4 is 5.82 Å². The lowest BCUT2D eigenvalue weighted by Gasteiger charge is -2.34. The Morgan fingerprint density at radius 3 is 2.87 bits per heavy atom. The van der Waals surface area contributed by atoms with Crippen molar-refractivity contribution in [2.75, 3.05) is 11.9 Å². The fraction of sp³-hybridized carbons (Fsp3) is 0.600. The Kier molecular flexibility index (Phi) is 2.54. The quantitative estimate of drug-likeness (QED) is 0.836. The van der Waals surface area contributed by atoms with Crippen LogP contribution in [0.2, 0.25) is 0 Å². The first-order chi connectivity index (χ1) is 7.05. The van der Waals surface area contributed by atoms with E-state index in [9.17, 15) is 8.78 Å². The summed E-state index contributed by atoms with van der Waals surface area (Å²) in [5.41, 5.74) is 0. The lowest BCUT2D eigenvalue weighted by molar-refractivity contribution is -0.106. The molecule has 3 nitrogen and oxygen atoms in total. The van der Waals surface area contributed by atoms with Crippen molar-refractivity contribution in [1.29, 1.82) is 0 Å². The van der Waals surface area contributed by atoms with Crippen LogP contribution >= 0.6 is 0 Å². The largest absolute Gasteiger partial charge is 0.370 e. The van der Waals surface area contributed by atoms with Gasteiger partial charge in [-0.1, -0.05) is 0 Å². The van der Waals surface area contributed by atoms with Crippen LogP contribution in [-0.4, -0.2) is 22.4 Å². The second-order valence-electron chi connectivity index (χ2n) is 4.00. The normalized spacial score (nSPS) is 19.7. The van der Waals surface area contributed by atoms with Crippen molar-refractivity contribution in [1.82, 2.24) is 9.97 Å². The van der Waals surface area contributed by atoms with Crippen LogP contribution < -0.4 is 5.32 Å². The number of aryl methyl sites for hydroxylation is 1. The van der Waals surface area contributed by atoms with Crippen LogP contribution in [0.1, 0.15) is 18.7 Å². The third-order valence-corrected chi connectivity index (χ3v) is 2.52. The first-order valence-electron chi connectivity index (χ1n) is 4.96. The van der Waals surface area contributed by atoms with E-state index in [1.54, 1.807) is 19.2 Å². The van der Waals surface area contributed by atoms with Gasteiger partial charge in [0.15, 0.2) is 0 Å². The molecule has 0 bridgehead atoms. The van der Waals surface area contributed by atoms with E-state index < -0.39 is 5.92 Å². The topological polar surface area (TPSA) is 37.8 Å². The molecule has 5 heteroatoms. The van der Waals surface area contributed by atoms with Crippen molar-refractivity contribution < 1.29 is 8.78 Å². The Hall–Kier alpha value is -1.26. The molecule has 15 heavy (non-hydrogen) atoms. The van der Waals surface area contributed by atoms with Gasteiger partial charge in [0.05, 0.1) is 0 Å². The average Bonchev–Trinajstić information content (AvgIpc) is 2.11. The van der Waals surface area contributed by atoms with Crippen molar-refractivity contribution in [2.45, 2.75) is 25.7 Å². The Labute approximate surface area is 86.9 Å². The van der Waals surface area contributed by atoms with E-state index in [4.69, 9.17) is 0 Å². The van der Waals surface area contributed by atoms with Crippen LogP contribution in [0, 0.1) is 12.8 Å². The van der Waals surface area contributed by atoms with E-state index >= 15 is 0 Å². The molecular weight excluding hydrogens is 200 g/mol. The Balaban J connectivity index is 1.80. The van der Waals surface area contributed by atoms with E-state index in [0.717, 1.165) is 0 Å². The molecule has 1 heterocycles. The molecule has 0 aliphatic heterocycles. The molecule has 1 aliphatic carbocycles. The second kappa shape index (κ2) is 3.72. The number of rotatable bonds is 3. The van der Waals surface area contributed by atoms with Crippen LogP contribution in [0.4, 0.5) is 14.6 Å². The summed E-state index contributed by atoms with van der Waals surface area (Å²) in [5, 5.41) is 3.04. The molecule has 0 aromatic carbocycles. The zero-order chi connectivity index (χ0) is 10.9. The van der Waals surface area contributed by atoms with Gasteiger partial charge in [0, 0.05) is 25.6 Å². The molecule has 0 amide bonds. The molecule has 0 radical (unpaired) electrons. The second-order valence-corrected chi connectivity index (χ2v) is 4.00. The average molecular weight is 213 g/mol. The number of halogens is 2. The highest BCUT2D eigenvalue weighted by molar-refractivity contribution is 5.32. The summed E-state index contributed by atoms with van der Waals surface area (Å²) >= 11 is 0. The van der Waals surface area contributed by atoms with Gasteiger partial charge >= 0.3 is 0 Å². The summed E-state index contributed by atoms with van der Waals surface area (Å²) in [6.45, 7) is 2.36. The third kappa shape index (κ3) is 2.61. The van der Waals surface area contributed by atoms with Gasteiger partial charge < -0.3 is 5.32 Å². The lowest BCUT2D eigenvalue weighted by atomic mass is 9.81. The SMILES string of the molecule is Cc1nccc(NCC2CC(F)(F)C2)n1. The Morgan fingerprint density at radius 2 is 2.27 bits per heavy atom. The Bertz CT molecular complexity index is 346. The summed E-state index contributed by atoms with van der Waals surface area (Å²) in [5.74, 6) is -0.986. The number of nitrogens with zero attached hydrogens (tertiary/aromatic N) is 2. The molecule has 82 valence electrons. The van der Waals surface area contributed by atoms with Crippen molar-refractivity contribution in [2.24, 2.45) is 5.92 Å². The van der Waals surface area contributed by atoms with Gasteiger partial charge in [0.2, 0.25) is 5.92 Å². The first-order valence-corrected chi connectivity index (χ1v) is 4.96. The Morgan fingerprint density at radius 1 is 1.53 bits per heavy atom. The zero-order valence-corrected chi connectivity index (χ0v) is 8.50. The van der Waals surface area contributed by atoms with Crippen molar-refractivity contribution in [3.63, 3.8) is 0 Å². The van der Waals surface area contributed by atoms with E-state index in [1.807, 2.05) is 0 Å². The molecule has 1 aromatic heterocycles. The van der Waals surface area contributed by atoms with Gasteiger partial charge in [-0.05, 0) is 18.9 Å². The molecule has 1 N–H and O–H groups in total. The van der Waals surface area contributed by atoms with Gasteiger partial charge in [0.25, 0.3) is 0 Å². The van der Waals surface area contributed by atoms with Crippen LogP contribution in [0.5, 0.6) is 0 Å². The summed E-state index contributed by atoms with van der Waals surface area (Å²) in [7, 11) is 0. The van der Waals surface area contributed by atoms with Crippen molar-refractivity contribution in [3.8, 4) is 0 Å². The molecule has 1 aromatic rings. The number of aromatic nitrogens is 2. The van der Waals surface area contributed by atoms with Crippen LogP contribution in [-0.2, 0) is 0 Å². The van der Waals surface area contributed by atoms with Crippen LogP contribution in [0.25, 0.3) is 0 Å². The molecule has 0 atom stereocenters. The maximum absolute atomic E-state index is 12.5. The number of nitrogens with one attached hydrogen (secondary N) is 1. The van der Waals surface area contributed by atoms with E-state index in [-0.39, 0.29) is 18.8 Å². The standard InChI is InChI=1S/C10H13F2N3/c1-7-13-3-2-9(15-7)14-6-8-4-10(11,12)5-8/h2-3,8H,4-6H2,1H3,(H,13,14,15). The predicted octanol–water partition coefficient (Wildman–Crippen LogP) is 2.24. The maximum Gasteiger partial charge on any atom is 0.248 e. The minimum absolute atomic E-state index is 0.00986. The summed E-state index contributed by atoms with van der Waals surface area (Å²) < 4.78 is 25.0. The molecule has 0 spiro atoms. The van der Waals surface area contributed by atoms with Gasteiger partial charge in [-0.15, -0.1) is 0 Å². The van der Waals surface area contributed by atoms with Gasteiger partial charge in [-0.25, -0.2) is 18.7 Å². The first kappa shape index (κ1) is 10.3. The van der Waals surface area contributed by atoms with E-state index in [2.05, 4.69) is 15.3 Å². The van der Waals surface area contributed by atoms with E-state index in [0.29, 0.717) is 18.2 Å². The zero-order valence-electron chi connectivity index (χ0n) is 8.50. The minimum atomic E-state index is -2.44. The van der Waals surface area contributed by atoms with Gasteiger partial charge in [-0.3, -0.25) is 0 Å². The highest BCUT2D eigenvalue weighted by Gasteiger charge is 2.44. The maximum atomic E-state index is 12.5. The van der Waals surface area contributed by atoms with Crippen LogP contribution in [0.15, 0.2) is 12.3 Å². The van der Waals surface area contributed by atoms with Crippen molar-refractivity contribution in [3.05, 3.63) is 18.1 Å². The molecule has 1 aliphatic rings. The summed E-state index contributed by atoms with van der Waals surface area (Å²) in [6, 6.07) is 1.74. The van der Waals surface area contributed by atoms with E-state index in [1.165, 1.54) is 0 Å².